The van der Waals surface area contributed by atoms with Gasteiger partial charge in [0.25, 0.3) is 0 Å². The Bertz CT molecular complexity index is 812. The van der Waals surface area contributed by atoms with E-state index >= 15 is 0 Å². The molecular weight excluding hydrogens is 288 g/mol. The molecule has 7 heteroatoms. The Hall–Kier alpha value is -2.41. The first-order valence-electron chi connectivity index (χ1n) is 6.60. The molecule has 0 saturated carbocycles. The summed E-state index contributed by atoms with van der Waals surface area (Å²) in [6.45, 7) is 2.09. The van der Waals surface area contributed by atoms with Crippen molar-refractivity contribution in [2.45, 2.75) is 19.8 Å². The van der Waals surface area contributed by atoms with E-state index in [0.717, 1.165) is 35.4 Å². The van der Waals surface area contributed by atoms with Gasteiger partial charge < -0.3 is 5.11 Å². The second-order valence-corrected chi connectivity index (χ2v) is 5.38. The Balaban J connectivity index is 2.17. The predicted molar refractivity (Wildman–Crippen MR) is 80.9 cm³/mol. The fourth-order valence-electron chi connectivity index (χ4n) is 2.21. The number of fused-ring (bicyclic) bond motifs is 1. The molecule has 0 aliphatic heterocycles. The maximum atomic E-state index is 10.8. The van der Waals surface area contributed by atoms with Crippen molar-refractivity contribution in [1.82, 2.24) is 18.9 Å². The second kappa shape index (κ2) is 5.53. The zero-order valence-electron chi connectivity index (χ0n) is 11.4. The highest BCUT2D eigenvalue weighted by Gasteiger charge is 2.15. The molecule has 1 N–H and O–H groups in total. The lowest BCUT2D eigenvalue weighted by molar-refractivity contribution is -0.131. The van der Waals surface area contributed by atoms with Crippen LogP contribution in [0.15, 0.2) is 30.0 Å². The van der Waals surface area contributed by atoms with Gasteiger partial charge in [0.2, 0.25) is 0 Å². The fourth-order valence-corrected chi connectivity index (χ4v) is 2.93. The van der Waals surface area contributed by atoms with Crippen LogP contribution in [0.3, 0.4) is 0 Å². The van der Waals surface area contributed by atoms with Gasteiger partial charge in [-0.25, -0.2) is 14.8 Å². The molecular formula is C14H14N4O2S. The lowest BCUT2D eigenvalue weighted by Crippen LogP contribution is -2.03. The zero-order valence-corrected chi connectivity index (χ0v) is 12.2. The van der Waals surface area contributed by atoms with Crippen LogP contribution in [0.4, 0.5) is 0 Å². The lowest BCUT2D eigenvalue weighted by atomic mass is 10.3. The van der Waals surface area contributed by atoms with Gasteiger partial charge in [-0.3, -0.25) is 8.97 Å². The van der Waals surface area contributed by atoms with E-state index in [4.69, 9.17) is 5.11 Å². The van der Waals surface area contributed by atoms with E-state index in [1.165, 1.54) is 11.3 Å². The highest BCUT2D eigenvalue weighted by molar-refractivity contribution is 7.15. The predicted octanol–water partition coefficient (Wildman–Crippen LogP) is 2.63. The third-order valence-corrected chi connectivity index (χ3v) is 3.84. The number of aliphatic carboxylic acids is 1. The van der Waals surface area contributed by atoms with E-state index in [1.807, 2.05) is 26.7 Å². The minimum absolute atomic E-state index is 0.709. The van der Waals surface area contributed by atoms with Crippen molar-refractivity contribution in [1.29, 1.82) is 0 Å². The summed E-state index contributed by atoms with van der Waals surface area (Å²) < 4.78 is 3.81. The number of aromatic nitrogens is 4. The van der Waals surface area contributed by atoms with Gasteiger partial charge >= 0.3 is 5.97 Å². The Morgan fingerprint density at radius 3 is 3.10 bits per heavy atom. The van der Waals surface area contributed by atoms with Crippen molar-refractivity contribution >= 4 is 28.3 Å². The molecule has 0 aliphatic rings. The topological polar surface area (TPSA) is 72.4 Å². The van der Waals surface area contributed by atoms with E-state index in [-0.39, 0.29) is 0 Å². The van der Waals surface area contributed by atoms with Gasteiger partial charge in [-0.2, -0.15) is 0 Å². The quantitative estimate of drug-likeness (QED) is 0.735. The summed E-state index contributed by atoms with van der Waals surface area (Å²) in [5.41, 5.74) is 0.740. The first kappa shape index (κ1) is 13.6. The second-order valence-electron chi connectivity index (χ2n) is 4.51. The first-order chi connectivity index (χ1) is 10.2. The maximum Gasteiger partial charge on any atom is 0.328 e. The molecule has 3 rings (SSSR count). The number of carboxylic acid groups (broad SMARTS) is 1. The number of carbonyl (C=O) groups is 1. The monoisotopic (exact) mass is 302 g/mol. The summed E-state index contributed by atoms with van der Waals surface area (Å²) in [5, 5.41) is 10.8. The lowest BCUT2D eigenvalue weighted by Gasteiger charge is -2.05. The molecule has 0 unspecified atom stereocenters. The van der Waals surface area contributed by atoms with Crippen LogP contribution < -0.4 is 0 Å². The summed E-state index contributed by atoms with van der Waals surface area (Å²) in [6, 6.07) is 0. The van der Waals surface area contributed by atoms with Crippen LogP contribution in [0, 0.1) is 0 Å². The number of rotatable bonds is 5. The Labute approximate surface area is 125 Å². The number of hydrogen-bond donors (Lipinski definition) is 1. The molecule has 0 atom stereocenters. The average Bonchev–Trinajstić information content (AvgIpc) is 3.11. The highest BCUT2D eigenvalue weighted by Crippen LogP contribution is 2.23. The minimum atomic E-state index is -0.981. The number of nitrogens with zero attached hydrogens (tertiary/aromatic N) is 4. The van der Waals surface area contributed by atoms with Crippen molar-refractivity contribution < 1.29 is 9.90 Å². The molecule has 6 nitrogen and oxygen atoms in total. The third-order valence-electron chi connectivity index (χ3n) is 3.08. The standard InChI is InChI=1S/C14H14N4O2S/c1-2-3-11-15-6-7-18(11)13-10(4-5-12(19)20)17-8-9-21-14(17)16-13/h4-9H,2-3H2,1H3,(H,19,20). The Morgan fingerprint density at radius 2 is 2.33 bits per heavy atom. The smallest absolute Gasteiger partial charge is 0.328 e. The molecule has 3 aromatic rings. The third kappa shape index (κ3) is 2.47. The molecule has 21 heavy (non-hydrogen) atoms. The summed E-state index contributed by atoms with van der Waals surface area (Å²) in [5.74, 6) is 0.652. The van der Waals surface area contributed by atoms with Crippen LogP contribution in [0.5, 0.6) is 0 Å². The molecule has 0 spiro atoms. The van der Waals surface area contributed by atoms with E-state index in [2.05, 4.69) is 16.9 Å². The molecule has 3 aromatic heterocycles. The summed E-state index contributed by atoms with van der Waals surface area (Å²) >= 11 is 1.51. The molecule has 0 aromatic carbocycles. The minimum Gasteiger partial charge on any atom is -0.478 e. The largest absolute Gasteiger partial charge is 0.478 e. The van der Waals surface area contributed by atoms with Gasteiger partial charge in [-0.1, -0.05) is 6.92 Å². The number of carboxylic acids is 1. The fraction of sp³-hybridized carbons (Fsp3) is 0.214. The summed E-state index contributed by atoms with van der Waals surface area (Å²) in [6.07, 6.45) is 10.0. The van der Waals surface area contributed by atoms with E-state index in [1.54, 1.807) is 12.3 Å². The molecule has 0 radical (unpaired) electrons. The van der Waals surface area contributed by atoms with Gasteiger partial charge in [-0.05, 0) is 12.5 Å². The number of thiazole rings is 1. The van der Waals surface area contributed by atoms with Crippen molar-refractivity contribution in [3.05, 3.63) is 41.6 Å². The summed E-state index contributed by atoms with van der Waals surface area (Å²) in [7, 11) is 0. The van der Waals surface area contributed by atoms with Crippen LogP contribution in [-0.4, -0.2) is 30.0 Å². The van der Waals surface area contributed by atoms with E-state index in [0.29, 0.717) is 5.82 Å². The zero-order chi connectivity index (χ0) is 14.8. The molecule has 3 heterocycles. The number of imidazole rings is 2. The van der Waals surface area contributed by atoms with Crippen molar-refractivity contribution in [3.8, 4) is 5.82 Å². The van der Waals surface area contributed by atoms with Crippen LogP contribution in [0.25, 0.3) is 16.9 Å². The Kier molecular flexibility index (Phi) is 3.57. The molecule has 0 aliphatic carbocycles. The molecule has 0 amide bonds. The van der Waals surface area contributed by atoms with E-state index < -0.39 is 5.97 Å². The van der Waals surface area contributed by atoms with Crippen molar-refractivity contribution in [2.24, 2.45) is 0 Å². The molecule has 0 saturated heterocycles. The molecule has 0 bridgehead atoms. The van der Waals surface area contributed by atoms with Gasteiger partial charge in [-0.15, -0.1) is 11.3 Å². The van der Waals surface area contributed by atoms with Crippen LogP contribution in [0.1, 0.15) is 24.9 Å². The summed E-state index contributed by atoms with van der Waals surface area (Å²) in [4.78, 5) is 20.6. The first-order valence-corrected chi connectivity index (χ1v) is 7.48. The van der Waals surface area contributed by atoms with Gasteiger partial charge in [0.1, 0.15) is 5.82 Å². The number of hydrogen-bond acceptors (Lipinski definition) is 4. The van der Waals surface area contributed by atoms with E-state index in [9.17, 15) is 4.79 Å². The van der Waals surface area contributed by atoms with Gasteiger partial charge in [0, 0.05) is 36.5 Å². The van der Waals surface area contributed by atoms with Crippen LogP contribution in [-0.2, 0) is 11.2 Å². The van der Waals surface area contributed by atoms with Crippen LogP contribution >= 0.6 is 11.3 Å². The van der Waals surface area contributed by atoms with Crippen molar-refractivity contribution in [2.75, 3.05) is 0 Å². The van der Waals surface area contributed by atoms with Crippen molar-refractivity contribution in [3.63, 3.8) is 0 Å². The van der Waals surface area contributed by atoms with Crippen LogP contribution in [0.2, 0.25) is 0 Å². The highest BCUT2D eigenvalue weighted by atomic mass is 32.1. The average molecular weight is 302 g/mol. The van der Waals surface area contributed by atoms with Gasteiger partial charge in [0.05, 0.1) is 5.69 Å². The molecule has 108 valence electrons. The van der Waals surface area contributed by atoms with Gasteiger partial charge in [0.15, 0.2) is 10.8 Å². The number of aryl methyl sites for hydroxylation is 1. The molecule has 0 fully saturated rings. The SMILES string of the molecule is CCCc1nccn1-c1nc2sccn2c1C=CC(=O)O. The maximum absolute atomic E-state index is 10.8. The normalized spacial score (nSPS) is 11.7. The Morgan fingerprint density at radius 1 is 1.48 bits per heavy atom.